The van der Waals surface area contributed by atoms with Gasteiger partial charge in [-0.2, -0.15) is 13.6 Å². The maximum absolute atomic E-state index is 15.4. The number of aromatic nitrogens is 5. The van der Waals surface area contributed by atoms with Crippen molar-refractivity contribution in [1.29, 1.82) is 0 Å². The molecule has 0 amide bonds. The van der Waals surface area contributed by atoms with Gasteiger partial charge in [0.25, 0.3) is 0 Å². The van der Waals surface area contributed by atoms with Gasteiger partial charge in [-0.15, -0.1) is 10.2 Å². The Balaban J connectivity index is 2.11. The molecule has 1 atom stereocenters. The van der Waals surface area contributed by atoms with Gasteiger partial charge in [0.05, 0.1) is 12.8 Å². The predicted octanol–water partition coefficient (Wildman–Crippen LogP) is 2.42. The molecule has 0 bridgehead atoms. The van der Waals surface area contributed by atoms with Gasteiger partial charge < -0.3 is 9.84 Å². The maximum Gasteiger partial charge on any atom is 0.323 e. The van der Waals surface area contributed by atoms with Crippen LogP contribution in [0, 0.1) is 11.6 Å². The molecular formula is C17H15F4N5O2. The molecule has 2 aromatic heterocycles. The third-order valence-electron chi connectivity index (χ3n) is 4.03. The Hall–Kier alpha value is -3.08. The largest absolute Gasteiger partial charge is 0.492 e. The fourth-order valence-corrected chi connectivity index (χ4v) is 2.67. The van der Waals surface area contributed by atoms with Gasteiger partial charge in [0, 0.05) is 11.6 Å². The molecule has 0 aliphatic heterocycles. The number of nitrogens with zero attached hydrogens (tertiary/aromatic N) is 5. The lowest BCUT2D eigenvalue weighted by molar-refractivity contribution is -0.209. The first-order valence-electron chi connectivity index (χ1n) is 8.13. The van der Waals surface area contributed by atoms with Crippen LogP contribution in [0.1, 0.15) is 18.2 Å². The van der Waals surface area contributed by atoms with Crippen molar-refractivity contribution in [3.05, 3.63) is 65.7 Å². The number of aliphatic hydroxyl groups is 1. The Morgan fingerprint density at radius 3 is 2.54 bits per heavy atom. The number of rotatable bonds is 7. The highest BCUT2D eigenvalue weighted by Gasteiger charge is 2.58. The molecule has 0 aliphatic carbocycles. The fourth-order valence-electron chi connectivity index (χ4n) is 2.67. The minimum Gasteiger partial charge on any atom is -0.492 e. The first-order valence-corrected chi connectivity index (χ1v) is 8.13. The van der Waals surface area contributed by atoms with E-state index in [1.54, 1.807) is 6.92 Å². The second-order valence-electron chi connectivity index (χ2n) is 5.84. The topological polar surface area (TPSA) is 86.0 Å². The molecule has 1 N–H and O–H groups in total. The maximum atomic E-state index is 15.4. The number of ether oxygens (including phenoxy) is 1. The van der Waals surface area contributed by atoms with Crippen molar-refractivity contribution in [2.45, 2.75) is 25.0 Å². The van der Waals surface area contributed by atoms with Gasteiger partial charge in [0.2, 0.25) is 0 Å². The molecule has 3 rings (SSSR count). The molecule has 0 spiro atoms. The van der Waals surface area contributed by atoms with Crippen molar-refractivity contribution < 1.29 is 27.4 Å². The van der Waals surface area contributed by atoms with Crippen LogP contribution >= 0.6 is 0 Å². The molecule has 2 heterocycles. The van der Waals surface area contributed by atoms with Gasteiger partial charge in [-0.1, -0.05) is 0 Å². The van der Waals surface area contributed by atoms with Crippen molar-refractivity contribution >= 4 is 0 Å². The highest BCUT2D eigenvalue weighted by molar-refractivity contribution is 5.32. The van der Waals surface area contributed by atoms with E-state index in [1.165, 1.54) is 6.07 Å². The molecule has 11 heteroatoms. The Bertz CT molecular complexity index is 937. The average Bonchev–Trinajstić information content (AvgIpc) is 3.15. The van der Waals surface area contributed by atoms with Crippen LogP contribution in [-0.2, 0) is 18.1 Å². The zero-order chi connectivity index (χ0) is 20.4. The summed E-state index contributed by atoms with van der Waals surface area (Å²) in [5.41, 5.74) is -4.87. The van der Waals surface area contributed by atoms with Crippen LogP contribution < -0.4 is 4.74 Å². The van der Waals surface area contributed by atoms with E-state index < -0.39 is 41.0 Å². The third-order valence-corrected chi connectivity index (χ3v) is 4.03. The SMILES string of the molecule is CCOc1ccc(C(F)(F)C(O)(Cn2ncnn2)c2ccc(F)cc2F)nc1. The van der Waals surface area contributed by atoms with Crippen molar-refractivity contribution in [2.24, 2.45) is 0 Å². The van der Waals surface area contributed by atoms with E-state index in [4.69, 9.17) is 4.74 Å². The van der Waals surface area contributed by atoms with Crippen LogP contribution in [0.4, 0.5) is 17.6 Å². The fraction of sp³-hybridized carbons (Fsp3) is 0.294. The standard InChI is InChI=1S/C17H15F4N5O2/c1-2-28-12-4-6-15(22-8-12)17(20,21)16(27,9-26-24-10-23-25-26)13-5-3-11(18)7-14(13)19/h3-8,10,27H,2,9H2,1H3. The van der Waals surface area contributed by atoms with E-state index in [-0.39, 0.29) is 5.75 Å². The minimum absolute atomic E-state index is 0.247. The molecule has 0 aliphatic rings. The van der Waals surface area contributed by atoms with Crippen LogP contribution in [0.25, 0.3) is 0 Å². The monoisotopic (exact) mass is 397 g/mol. The van der Waals surface area contributed by atoms with Gasteiger partial charge >= 0.3 is 5.92 Å². The second kappa shape index (κ2) is 7.50. The number of halogens is 4. The van der Waals surface area contributed by atoms with E-state index in [2.05, 4.69) is 20.4 Å². The molecule has 0 saturated carbocycles. The zero-order valence-electron chi connectivity index (χ0n) is 14.6. The van der Waals surface area contributed by atoms with E-state index in [0.717, 1.165) is 30.7 Å². The van der Waals surface area contributed by atoms with Crippen molar-refractivity contribution in [3.8, 4) is 5.75 Å². The summed E-state index contributed by atoms with van der Waals surface area (Å²) in [6.07, 6.45) is 2.02. The molecule has 3 aromatic rings. The van der Waals surface area contributed by atoms with Crippen LogP contribution in [0.2, 0.25) is 0 Å². The smallest absolute Gasteiger partial charge is 0.323 e. The lowest BCUT2D eigenvalue weighted by Gasteiger charge is -2.35. The number of hydrogen-bond acceptors (Lipinski definition) is 6. The summed E-state index contributed by atoms with van der Waals surface area (Å²) < 4.78 is 63.5. The summed E-state index contributed by atoms with van der Waals surface area (Å²) in [5.74, 6) is -6.20. The summed E-state index contributed by atoms with van der Waals surface area (Å²) in [6, 6.07) is 4.10. The van der Waals surface area contributed by atoms with Gasteiger partial charge in [-0.3, -0.25) is 4.98 Å². The second-order valence-corrected chi connectivity index (χ2v) is 5.84. The van der Waals surface area contributed by atoms with Crippen molar-refractivity contribution in [1.82, 2.24) is 25.2 Å². The van der Waals surface area contributed by atoms with Crippen LogP contribution in [0.3, 0.4) is 0 Å². The first kappa shape index (κ1) is 19.7. The Kier molecular flexibility index (Phi) is 5.27. The Labute approximate surface area is 156 Å². The van der Waals surface area contributed by atoms with E-state index in [0.29, 0.717) is 17.5 Å². The lowest BCUT2D eigenvalue weighted by atomic mass is 9.84. The van der Waals surface area contributed by atoms with Crippen molar-refractivity contribution in [3.63, 3.8) is 0 Å². The third kappa shape index (κ3) is 3.52. The Morgan fingerprint density at radius 1 is 1.18 bits per heavy atom. The number of benzene rings is 1. The average molecular weight is 397 g/mol. The highest BCUT2D eigenvalue weighted by Crippen LogP contribution is 2.46. The van der Waals surface area contributed by atoms with Crippen molar-refractivity contribution in [2.75, 3.05) is 6.61 Å². The summed E-state index contributed by atoms with van der Waals surface area (Å²) in [4.78, 5) is 4.31. The van der Waals surface area contributed by atoms with Gasteiger partial charge in [-0.05, 0) is 36.4 Å². The minimum atomic E-state index is -4.11. The highest BCUT2D eigenvalue weighted by atomic mass is 19.3. The molecule has 1 aromatic carbocycles. The van der Waals surface area contributed by atoms with E-state index in [1.807, 2.05) is 0 Å². The summed E-state index contributed by atoms with van der Waals surface area (Å²) >= 11 is 0. The van der Waals surface area contributed by atoms with Crippen LogP contribution in [0.5, 0.6) is 5.75 Å². The van der Waals surface area contributed by atoms with Crippen LogP contribution in [0.15, 0.2) is 42.9 Å². The number of alkyl halides is 2. The van der Waals surface area contributed by atoms with Gasteiger partial charge in [0.1, 0.15) is 29.6 Å². The summed E-state index contributed by atoms with van der Waals surface area (Å²) in [6.45, 7) is 1.06. The summed E-state index contributed by atoms with van der Waals surface area (Å²) in [5, 5.41) is 21.4. The van der Waals surface area contributed by atoms with E-state index in [9.17, 15) is 13.9 Å². The molecule has 0 fully saturated rings. The van der Waals surface area contributed by atoms with Crippen LogP contribution in [-0.4, -0.2) is 36.9 Å². The molecule has 7 nitrogen and oxygen atoms in total. The summed E-state index contributed by atoms with van der Waals surface area (Å²) in [7, 11) is 0. The molecule has 1 unspecified atom stereocenters. The molecule has 0 saturated heterocycles. The number of hydrogen-bond donors (Lipinski definition) is 1. The number of tetrazole rings is 1. The normalized spacial score (nSPS) is 13.9. The molecule has 148 valence electrons. The van der Waals surface area contributed by atoms with Gasteiger partial charge in [0.15, 0.2) is 11.9 Å². The first-order chi connectivity index (χ1) is 13.3. The van der Waals surface area contributed by atoms with E-state index >= 15 is 8.78 Å². The molecular weight excluding hydrogens is 382 g/mol. The number of pyridine rings is 1. The predicted molar refractivity (Wildman–Crippen MR) is 87.4 cm³/mol. The quantitative estimate of drug-likeness (QED) is 0.617. The Morgan fingerprint density at radius 2 is 1.96 bits per heavy atom. The zero-order valence-corrected chi connectivity index (χ0v) is 14.6. The van der Waals surface area contributed by atoms with Gasteiger partial charge in [-0.25, -0.2) is 8.78 Å². The lowest BCUT2D eigenvalue weighted by Crippen LogP contribution is -2.48. The molecule has 0 radical (unpaired) electrons. The molecule has 28 heavy (non-hydrogen) atoms.